The van der Waals surface area contributed by atoms with Crippen LogP contribution in [0.5, 0.6) is 0 Å². The molecule has 1 saturated heterocycles. The molecule has 9 heteroatoms. The Morgan fingerprint density at radius 2 is 1.93 bits per heavy atom. The molecule has 30 heavy (non-hydrogen) atoms. The fourth-order valence-electron chi connectivity index (χ4n) is 3.94. The molecular weight excluding hydrogens is 402 g/mol. The van der Waals surface area contributed by atoms with Gasteiger partial charge in [-0.3, -0.25) is 9.48 Å². The predicted octanol–water partition coefficient (Wildman–Crippen LogP) is 2.19. The number of sulfonamides is 1. The molecule has 2 fully saturated rings. The number of nitrogens with zero attached hydrogens (tertiary/aromatic N) is 4. The molecule has 8 nitrogen and oxygen atoms in total. The van der Waals surface area contributed by atoms with Crippen LogP contribution in [-0.4, -0.2) is 52.8 Å². The summed E-state index contributed by atoms with van der Waals surface area (Å²) < 4.78 is 29.4. The maximum Gasteiger partial charge on any atom is 0.273 e. The highest BCUT2D eigenvalue weighted by Crippen LogP contribution is 2.27. The third kappa shape index (κ3) is 5.46. The van der Waals surface area contributed by atoms with Crippen LogP contribution in [0.2, 0.25) is 0 Å². The smallest absolute Gasteiger partial charge is 0.273 e. The maximum atomic E-state index is 13.0. The number of nitrogens with one attached hydrogen (secondary N) is 1. The molecule has 1 saturated carbocycles. The molecule has 0 radical (unpaired) electrons. The Labute approximate surface area is 177 Å². The van der Waals surface area contributed by atoms with Crippen LogP contribution in [0.4, 0.5) is 0 Å². The Balaban J connectivity index is 1.35. The van der Waals surface area contributed by atoms with E-state index in [9.17, 15) is 13.2 Å². The molecule has 1 N–H and O–H groups in total. The summed E-state index contributed by atoms with van der Waals surface area (Å²) in [6, 6.07) is 9.26. The monoisotopic (exact) mass is 431 g/mol. The standard InChI is InChI=1S/C21H29N5O3S/c27-21(22-14-17-9-10-17)20-15-25(24-23-20)13-11-19-8-4-5-12-26(19)30(28,29)16-18-6-2-1-3-7-18/h1-3,6-7,15,17,19H,4-5,8-14,16H2,(H,22,27). The van der Waals surface area contributed by atoms with Gasteiger partial charge in [-0.2, -0.15) is 4.31 Å². The van der Waals surface area contributed by atoms with E-state index in [1.54, 1.807) is 15.2 Å². The first-order chi connectivity index (χ1) is 14.5. The van der Waals surface area contributed by atoms with Crippen molar-refractivity contribution < 1.29 is 13.2 Å². The van der Waals surface area contributed by atoms with Gasteiger partial charge in [0.05, 0.1) is 11.9 Å². The van der Waals surface area contributed by atoms with Crippen molar-refractivity contribution in [2.75, 3.05) is 13.1 Å². The third-order valence-electron chi connectivity index (χ3n) is 5.83. The second-order valence-corrected chi connectivity index (χ2v) is 10.2. The molecule has 162 valence electrons. The molecule has 2 aromatic rings. The fourth-order valence-corrected chi connectivity index (χ4v) is 5.79. The van der Waals surface area contributed by atoms with Crippen molar-refractivity contribution in [2.45, 2.75) is 56.9 Å². The van der Waals surface area contributed by atoms with E-state index < -0.39 is 10.0 Å². The normalized spacial score (nSPS) is 20.2. The minimum absolute atomic E-state index is 0.0268. The quantitative estimate of drug-likeness (QED) is 0.656. The molecule has 4 rings (SSSR count). The average Bonchev–Trinajstić information content (AvgIpc) is 3.46. The highest BCUT2D eigenvalue weighted by molar-refractivity contribution is 7.88. The van der Waals surface area contributed by atoms with Crippen molar-refractivity contribution in [3.05, 3.63) is 47.8 Å². The minimum atomic E-state index is -3.38. The van der Waals surface area contributed by atoms with E-state index in [-0.39, 0.29) is 17.7 Å². The van der Waals surface area contributed by atoms with Gasteiger partial charge in [0.25, 0.3) is 5.91 Å². The first kappa shape index (κ1) is 21.0. The molecule has 2 aliphatic rings. The zero-order chi connectivity index (χ0) is 21.0. The summed E-state index contributed by atoms with van der Waals surface area (Å²) in [5, 5.41) is 10.9. The SMILES string of the molecule is O=C(NCC1CC1)c1cn(CCC2CCCCN2S(=O)(=O)Cc2ccccc2)nn1. The summed E-state index contributed by atoms with van der Waals surface area (Å²) in [7, 11) is -3.38. The molecule has 1 aromatic carbocycles. The van der Waals surface area contributed by atoms with Crippen LogP contribution in [0.15, 0.2) is 36.5 Å². The number of aryl methyl sites for hydroxylation is 1. The van der Waals surface area contributed by atoms with Crippen LogP contribution in [0.3, 0.4) is 0 Å². The van der Waals surface area contributed by atoms with Gasteiger partial charge in [0, 0.05) is 25.7 Å². The van der Waals surface area contributed by atoms with Gasteiger partial charge in [-0.1, -0.05) is 42.0 Å². The summed E-state index contributed by atoms with van der Waals surface area (Å²) in [5.41, 5.74) is 1.12. The van der Waals surface area contributed by atoms with Crippen molar-refractivity contribution in [1.29, 1.82) is 0 Å². The number of carbonyl (C=O) groups is 1. The number of rotatable bonds is 9. The highest BCUT2D eigenvalue weighted by Gasteiger charge is 2.32. The number of benzene rings is 1. The van der Waals surface area contributed by atoms with Crippen LogP contribution in [-0.2, 0) is 22.3 Å². The van der Waals surface area contributed by atoms with Gasteiger partial charge in [0.15, 0.2) is 5.69 Å². The Morgan fingerprint density at radius 3 is 2.70 bits per heavy atom. The van der Waals surface area contributed by atoms with E-state index in [2.05, 4.69) is 15.6 Å². The zero-order valence-electron chi connectivity index (χ0n) is 17.1. The summed E-state index contributed by atoms with van der Waals surface area (Å²) >= 11 is 0. The van der Waals surface area contributed by atoms with Gasteiger partial charge < -0.3 is 5.32 Å². The Hall–Kier alpha value is -2.26. The van der Waals surface area contributed by atoms with Crippen LogP contribution < -0.4 is 5.32 Å². The lowest BCUT2D eigenvalue weighted by Crippen LogP contribution is -2.44. The largest absolute Gasteiger partial charge is 0.350 e. The van der Waals surface area contributed by atoms with Gasteiger partial charge in [0.1, 0.15) is 0 Å². The van der Waals surface area contributed by atoms with Gasteiger partial charge in [-0.05, 0) is 43.6 Å². The molecule has 1 amide bonds. The van der Waals surface area contributed by atoms with Crippen LogP contribution >= 0.6 is 0 Å². The Kier molecular flexibility index (Phi) is 6.48. The molecular formula is C21H29N5O3S. The molecule has 0 bridgehead atoms. The number of amides is 1. The van der Waals surface area contributed by atoms with E-state index in [1.807, 2.05) is 30.3 Å². The van der Waals surface area contributed by atoms with Gasteiger partial charge in [-0.15, -0.1) is 5.10 Å². The lowest BCUT2D eigenvalue weighted by Gasteiger charge is -2.34. The molecule has 1 aromatic heterocycles. The number of hydrogen-bond acceptors (Lipinski definition) is 5. The van der Waals surface area contributed by atoms with Gasteiger partial charge in [0.2, 0.25) is 10.0 Å². The number of piperidine rings is 1. The number of hydrogen-bond donors (Lipinski definition) is 1. The summed E-state index contributed by atoms with van der Waals surface area (Å²) in [6.45, 7) is 1.79. The van der Waals surface area contributed by atoms with E-state index in [0.717, 1.165) is 24.8 Å². The lowest BCUT2D eigenvalue weighted by molar-refractivity contribution is 0.0946. The molecule has 1 aliphatic carbocycles. The third-order valence-corrected chi connectivity index (χ3v) is 7.73. The number of aromatic nitrogens is 3. The zero-order valence-corrected chi connectivity index (χ0v) is 17.9. The molecule has 1 aliphatic heterocycles. The molecule has 1 unspecified atom stereocenters. The first-order valence-electron chi connectivity index (χ1n) is 10.7. The highest BCUT2D eigenvalue weighted by atomic mass is 32.2. The van der Waals surface area contributed by atoms with E-state index in [0.29, 0.717) is 37.7 Å². The molecule has 1 atom stereocenters. The average molecular weight is 432 g/mol. The number of carbonyl (C=O) groups excluding carboxylic acids is 1. The van der Waals surface area contributed by atoms with Crippen molar-refractivity contribution >= 4 is 15.9 Å². The van der Waals surface area contributed by atoms with E-state index in [1.165, 1.54) is 12.8 Å². The van der Waals surface area contributed by atoms with Crippen molar-refractivity contribution in [3.8, 4) is 0 Å². The van der Waals surface area contributed by atoms with Crippen molar-refractivity contribution in [3.63, 3.8) is 0 Å². The summed E-state index contributed by atoms with van der Waals surface area (Å²) in [6.07, 6.45) is 7.41. The predicted molar refractivity (Wildman–Crippen MR) is 113 cm³/mol. The van der Waals surface area contributed by atoms with Crippen LogP contribution in [0, 0.1) is 5.92 Å². The van der Waals surface area contributed by atoms with Crippen molar-refractivity contribution in [2.24, 2.45) is 5.92 Å². The first-order valence-corrected chi connectivity index (χ1v) is 12.3. The second-order valence-electron chi connectivity index (χ2n) is 8.31. The van der Waals surface area contributed by atoms with E-state index >= 15 is 0 Å². The van der Waals surface area contributed by atoms with Gasteiger partial charge >= 0.3 is 0 Å². The Morgan fingerprint density at radius 1 is 1.13 bits per heavy atom. The molecule has 2 heterocycles. The second kappa shape index (κ2) is 9.26. The minimum Gasteiger partial charge on any atom is -0.350 e. The topological polar surface area (TPSA) is 97.2 Å². The molecule has 0 spiro atoms. The van der Waals surface area contributed by atoms with E-state index in [4.69, 9.17) is 0 Å². The fraction of sp³-hybridized carbons (Fsp3) is 0.571. The summed E-state index contributed by atoms with van der Waals surface area (Å²) in [5.74, 6) is 0.441. The lowest BCUT2D eigenvalue weighted by atomic mass is 10.0. The van der Waals surface area contributed by atoms with Gasteiger partial charge in [-0.25, -0.2) is 8.42 Å². The van der Waals surface area contributed by atoms with Crippen molar-refractivity contribution in [1.82, 2.24) is 24.6 Å². The Bertz CT molecular complexity index is 956. The van der Waals surface area contributed by atoms with Crippen LogP contribution in [0.25, 0.3) is 0 Å². The summed E-state index contributed by atoms with van der Waals surface area (Å²) in [4.78, 5) is 12.1. The van der Waals surface area contributed by atoms with Crippen LogP contribution in [0.1, 0.15) is 54.6 Å². The maximum absolute atomic E-state index is 13.0.